The van der Waals surface area contributed by atoms with Crippen LogP contribution in [0.25, 0.3) is 0 Å². The summed E-state index contributed by atoms with van der Waals surface area (Å²) in [6.45, 7) is 5.50. The molecule has 1 aliphatic rings. The molecule has 2 N–H and O–H groups in total. The number of aliphatic hydroxyl groups is 1. The van der Waals surface area contributed by atoms with Crippen molar-refractivity contribution in [3.63, 3.8) is 0 Å². The summed E-state index contributed by atoms with van der Waals surface area (Å²) in [6, 6.07) is -0.0408. The van der Waals surface area contributed by atoms with E-state index in [1.54, 1.807) is 0 Å². The number of rotatable bonds is 3. The Hall–Kier alpha value is -0.770. The molecule has 1 atom stereocenters. The van der Waals surface area contributed by atoms with Gasteiger partial charge >= 0.3 is 6.03 Å². The Morgan fingerprint density at radius 1 is 1.50 bits per heavy atom. The van der Waals surface area contributed by atoms with Crippen molar-refractivity contribution in [1.29, 1.82) is 0 Å². The summed E-state index contributed by atoms with van der Waals surface area (Å²) >= 11 is 0. The number of urea groups is 1. The van der Waals surface area contributed by atoms with E-state index in [-0.39, 0.29) is 12.6 Å². The molecule has 82 valence electrons. The standard InChI is InChI=1S/C10H20N2O2/c1-3-10(2,8-13)11-9(14)12-6-4-5-7-12/h13H,3-8H2,1-2H3,(H,11,14). The average molecular weight is 200 g/mol. The number of hydrogen-bond donors (Lipinski definition) is 2. The van der Waals surface area contributed by atoms with Crippen LogP contribution in [0, 0.1) is 0 Å². The molecular formula is C10H20N2O2. The quantitative estimate of drug-likeness (QED) is 0.712. The van der Waals surface area contributed by atoms with Gasteiger partial charge in [-0.3, -0.25) is 0 Å². The first-order valence-corrected chi connectivity index (χ1v) is 5.29. The van der Waals surface area contributed by atoms with Crippen molar-refractivity contribution in [2.24, 2.45) is 0 Å². The fraction of sp³-hybridized carbons (Fsp3) is 0.900. The monoisotopic (exact) mass is 200 g/mol. The van der Waals surface area contributed by atoms with Gasteiger partial charge in [-0.05, 0) is 26.2 Å². The van der Waals surface area contributed by atoms with E-state index in [1.165, 1.54) is 0 Å². The van der Waals surface area contributed by atoms with Crippen molar-refractivity contribution in [3.8, 4) is 0 Å². The van der Waals surface area contributed by atoms with Gasteiger partial charge in [0, 0.05) is 13.1 Å². The van der Waals surface area contributed by atoms with Gasteiger partial charge in [0.15, 0.2) is 0 Å². The topological polar surface area (TPSA) is 52.6 Å². The van der Waals surface area contributed by atoms with Gasteiger partial charge in [0.05, 0.1) is 12.1 Å². The minimum atomic E-state index is -0.473. The van der Waals surface area contributed by atoms with Crippen LogP contribution in [0.15, 0.2) is 0 Å². The summed E-state index contributed by atoms with van der Waals surface area (Å²) in [7, 11) is 0. The molecule has 0 spiro atoms. The first-order chi connectivity index (χ1) is 6.61. The van der Waals surface area contributed by atoms with Crippen molar-refractivity contribution in [1.82, 2.24) is 10.2 Å². The first kappa shape index (κ1) is 11.3. The second-order valence-corrected chi connectivity index (χ2v) is 4.20. The van der Waals surface area contributed by atoms with Crippen molar-refractivity contribution in [2.45, 2.75) is 38.6 Å². The normalized spacial score (nSPS) is 20.6. The number of aliphatic hydroxyl groups excluding tert-OH is 1. The van der Waals surface area contributed by atoms with Crippen LogP contribution in [-0.4, -0.2) is 41.3 Å². The van der Waals surface area contributed by atoms with Gasteiger partial charge in [-0.1, -0.05) is 6.92 Å². The number of carbonyl (C=O) groups excluding carboxylic acids is 1. The van der Waals surface area contributed by atoms with Crippen LogP contribution in [0.2, 0.25) is 0 Å². The van der Waals surface area contributed by atoms with E-state index in [4.69, 9.17) is 5.11 Å². The summed E-state index contributed by atoms with van der Waals surface area (Å²) in [5, 5.41) is 12.0. The highest BCUT2D eigenvalue weighted by Crippen LogP contribution is 2.12. The van der Waals surface area contributed by atoms with E-state index in [1.807, 2.05) is 18.7 Å². The average Bonchev–Trinajstić information content (AvgIpc) is 2.70. The largest absolute Gasteiger partial charge is 0.394 e. The predicted octanol–water partition coefficient (Wildman–Crippen LogP) is 0.953. The molecule has 0 aliphatic carbocycles. The Labute approximate surface area is 85.3 Å². The van der Waals surface area contributed by atoms with Crippen molar-refractivity contribution < 1.29 is 9.90 Å². The molecule has 0 aromatic carbocycles. The zero-order chi connectivity index (χ0) is 10.6. The van der Waals surface area contributed by atoms with Crippen molar-refractivity contribution >= 4 is 6.03 Å². The Morgan fingerprint density at radius 2 is 2.07 bits per heavy atom. The summed E-state index contributed by atoms with van der Waals surface area (Å²) in [5.41, 5.74) is -0.473. The molecule has 4 heteroatoms. The molecular weight excluding hydrogens is 180 g/mol. The highest BCUT2D eigenvalue weighted by atomic mass is 16.3. The van der Waals surface area contributed by atoms with Gasteiger partial charge in [0.2, 0.25) is 0 Å². The lowest BCUT2D eigenvalue weighted by Gasteiger charge is -2.29. The van der Waals surface area contributed by atoms with E-state index in [2.05, 4.69) is 5.32 Å². The summed E-state index contributed by atoms with van der Waals surface area (Å²) in [6.07, 6.45) is 2.92. The Kier molecular flexibility index (Phi) is 3.75. The van der Waals surface area contributed by atoms with Crippen molar-refractivity contribution in [3.05, 3.63) is 0 Å². The molecule has 0 bridgehead atoms. The maximum atomic E-state index is 11.7. The minimum absolute atomic E-state index is 0.0108. The third kappa shape index (κ3) is 2.61. The maximum Gasteiger partial charge on any atom is 0.317 e. The highest BCUT2D eigenvalue weighted by molar-refractivity contribution is 5.75. The zero-order valence-electron chi connectivity index (χ0n) is 9.05. The lowest BCUT2D eigenvalue weighted by Crippen LogP contribution is -2.52. The first-order valence-electron chi connectivity index (χ1n) is 5.29. The zero-order valence-corrected chi connectivity index (χ0v) is 9.05. The van der Waals surface area contributed by atoms with Crippen LogP contribution < -0.4 is 5.32 Å². The van der Waals surface area contributed by atoms with Gasteiger partial charge in [-0.15, -0.1) is 0 Å². The summed E-state index contributed by atoms with van der Waals surface area (Å²) in [4.78, 5) is 13.5. The lowest BCUT2D eigenvalue weighted by molar-refractivity contribution is 0.153. The summed E-state index contributed by atoms with van der Waals surface area (Å²) < 4.78 is 0. The van der Waals surface area contributed by atoms with Gasteiger partial charge in [0.25, 0.3) is 0 Å². The smallest absolute Gasteiger partial charge is 0.317 e. The molecule has 1 rings (SSSR count). The highest BCUT2D eigenvalue weighted by Gasteiger charge is 2.27. The van der Waals surface area contributed by atoms with Gasteiger partial charge in [-0.2, -0.15) is 0 Å². The Bertz CT molecular complexity index is 196. The number of amides is 2. The summed E-state index contributed by atoms with van der Waals surface area (Å²) in [5.74, 6) is 0. The number of likely N-dealkylation sites (tertiary alicyclic amines) is 1. The molecule has 1 unspecified atom stereocenters. The molecule has 0 radical (unpaired) electrons. The minimum Gasteiger partial charge on any atom is -0.394 e. The number of carbonyl (C=O) groups is 1. The van der Waals surface area contributed by atoms with Gasteiger partial charge in [0.1, 0.15) is 0 Å². The molecule has 1 aliphatic heterocycles. The van der Waals surface area contributed by atoms with Crippen LogP contribution in [-0.2, 0) is 0 Å². The van der Waals surface area contributed by atoms with Crippen LogP contribution in [0.4, 0.5) is 4.79 Å². The van der Waals surface area contributed by atoms with E-state index in [0.29, 0.717) is 0 Å². The fourth-order valence-electron chi connectivity index (χ4n) is 1.50. The lowest BCUT2D eigenvalue weighted by atomic mass is 10.0. The van der Waals surface area contributed by atoms with Crippen LogP contribution in [0.5, 0.6) is 0 Å². The Morgan fingerprint density at radius 3 is 2.50 bits per heavy atom. The third-order valence-electron chi connectivity index (χ3n) is 2.93. The number of nitrogens with zero attached hydrogens (tertiary/aromatic N) is 1. The van der Waals surface area contributed by atoms with Gasteiger partial charge in [-0.25, -0.2) is 4.79 Å². The van der Waals surface area contributed by atoms with Crippen LogP contribution in [0.3, 0.4) is 0 Å². The Balaban J connectivity index is 2.45. The van der Waals surface area contributed by atoms with Gasteiger partial charge < -0.3 is 15.3 Å². The number of nitrogens with one attached hydrogen (secondary N) is 1. The van der Waals surface area contributed by atoms with E-state index < -0.39 is 5.54 Å². The second kappa shape index (κ2) is 4.64. The third-order valence-corrected chi connectivity index (χ3v) is 2.93. The van der Waals surface area contributed by atoms with Crippen LogP contribution in [0.1, 0.15) is 33.1 Å². The van der Waals surface area contributed by atoms with Crippen molar-refractivity contribution in [2.75, 3.05) is 19.7 Å². The van der Waals surface area contributed by atoms with E-state index >= 15 is 0 Å². The molecule has 1 heterocycles. The maximum absolute atomic E-state index is 11.7. The van der Waals surface area contributed by atoms with Crippen LogP contribution >= 0.6 is 0 Å². The predicted molar refractivity (Wildman–Crippen MR) is 55.1 cm³/mol. The fourth-order valence-corrected chi connectivity index (χ4v) is 1.50. The SMILES string of the molecule is CCC(C)(CO)NC(=O)N1CCCC1. The van der Waals surface area contributed by atoms with E-state index in [0.717, 1.165) is 32.4 Å². The second-order valence-electron chi connectivity index (χ2n) is 4.20. The molecule has 4 nitrogen and oxygen atoms in total. The van der Waals surface area contributed by atoms with E-state index in [9.17, 15) is 4.79 Å². The number of hydrogen-bond acceptors (Lipinski definition) is 2. The molecule has 1 saturated heterocycles. The molecule has 14 heavy (non-hydrogen) atoms. The molecule has 2 amide bonds. The molecule has 0 aromatic rings. The molecule has 0 saturated carbocycles. The molecule has 1 fully saturated rings. The molecule has 0 aromatic heterocycles.